The monoisotopic (exact) mass is 601 g/mol. The average molecular weight is 602 g/mol. The van der Waals surface area contributed by atoms with Crippen LogP contribution in [-0.2, 0) is 38.0 Å². The number of hydrogen-bond donors (Lipinski definition) is 5. The number of hydrogen-bond acceptors (Lipinski definition) is 13. The van der Waals surface area contributed by atoms with Gasteiger partial charge in [0, 0.05) is 0 Å². The normalized spacial score (nSPS) is 40.1. The van der Waals surface area contributed by atoms with Crippen molar-refractivity contribution in [3.8, 4) is 0 Å². The van der Waals surface area contributed by atoms with Gasteiger partial charge in [-0.25, -0.2) is 10.1 Å². The second kappa shape index (κ2) is 10.4. The molecule has 4 aliphatic heterocycles. The summed E-state index contributed by atoms with van der Waals surface area (Å²) in [6, 6.07) is 4.86. The van der Waals surface area contributed by atoms with Crippen LogP contribution in [0.1, 0.15) is 19.4 Å². The quantitative estimate of drug-likeness (QED) is 0.167. The fourth-order valence-corrected chi connectivity index (χ4v) is 6.59. The van der Waals surface area contributed by atoms with Crippen molar-refractivity contribution in [1.82, 2.24) is 5.32 Å². The molecule has 5 rings (SSSR count). The van der Waals surface area contributed by atoms with Crippen molar-refractivity contribution in [2.45, 2.75) is 80.0 Å². The van der Waals surface area contributed by atoms with Gasteiger partial charge in [-0.1, -0.05) is 17.7 Å². The van der Waals surface area contributed by atoms with E-state index in [-0.39, 0.29) is 4.90 Å². The minimum atomic E-state index is -4.34. The third-order valence-electron chi connectivity index (χ3n) is 7.73. The van der Waals surface area contributed by atoms with Crippen LogP contribution in [0.3, 0.4) is 0 Å². The third kappa shape index (κ3) is 4.92. The molecule has 0 spiro atoms. The Kier molecular flexibility index (Phi) is 7.66. The highest BCUT2D eigenvalue weighted by Crippen LogP contribution is 2.49. The van der Waals surface area contributed by atoms with Gasteiger partial charge >= 0.3 is 6.03 Å². The summed E-state index contributed by atoms with van der Waals surface area (Å²) in [6.45, 7) is 2.58. The molecule has 4 aliphatic rings. The first-order valence-electron chi connectivity index (χ1n) is 12.9. The van der Waals surface area contributed by atoms with Crippen LogP contribution in [0.25, 0.3) is 0 Å². The Balaban J connectivity index is 1.56. The number of rotatable bonds is 8. The van der Waals surface area contributed by atoms with E-state index in [0.29, 0.717) is 0 Å². The van der Waals surface area contributed by atoms with Gasteiger partial charge < -0.3 is 39.4 Å². The maximum absolute atomic E-state index is 13.6. The second-order valence-corrected chi connectivity index (χ2v) is 12.6. The van der Waals surface area contributed by atoms with Crippen LogP contribution in [0.5, 0.6) is 0 Å². The molecule has 15 nitrogen and oxygen atoms in total. The molecule has 0 aliphatic carbocycles. The highest BCUT2D eigenvalue weighted by atomic mass is 32.2. The van der Waals surface area contributed by atoms with E-state index in [1.54, 1.807) is 32.9 Å². The topological polar surface area (TPSA) is 207 Å². The lowest BCUT2D eigenvalue weighted by Crippen LogP contribution is -2.71. The van der Waals surface area contributed by atoms with Crippen molar-refractivity contribution in [2.75, 3.05) is 19.8 Å². The number of aliphatic hydroxyl groups is 4. The van der Waals surface area contributed by atoms with Crippen LogP contribution in [0.15, 0.2) is 41.4 Å². The van der Waals surface area contributed by atoms with Crippen LogP contribution < -0.4 is 5.32 Å². The highest BCUT2D eigenvalue weighted by molar-refractivity contribution is 7.86. The zero-order valence-electron chi connectivity index (χ0n) is 22.4. The summed E-state index contributed by atoms with van der Waals surface area (Å²) in [6.07, 6.45) is -8.16. The number of nitrogens with zero attached hydrogens (tertiary/aromatic N) is 1. The van der Waals surface area contributed by atoms with Crippen molar-refractivity contribution >= 4 is 22.1 Å². The van der Waals surface area contributed by atoms with E-state index in [0.717, 1.165) is 17.8 Å². The number of urea groups is 1. The predicted octanol–water partition coefficient (Wildman–Crippen LogP) is -1.67. The number of carbonyl (C=O) groups excluding carboxylic acids is 2. The highest BCUT2D eigenvalue weighted by Gasteiger charge is 2.73. The molecule has 1 aromatic rings. The Morgan fingerprint density at radius 2 is 1.71 bits per heavy atom. The number of nitrogens with one attached hydrogen (secondary N) is 1. The second-order valence-electron chi connectivity index (χ2n) is 11.0. The fraction of sp³-hybridized carbons (Fsp3) is 0.600. The number of imide groups is 1. The summed E-state index contributed by atoms with van der Waals surface area (Å²) in [7, 11) is -4.34. The molecular weight excluding hydrogens is 568 g/mol. The van der Waals surface area contributed by atoms with Gasteiger partial charge in [0.05, 0.1) is 24.2 Å². The molecule has 3 amide bonds. The zero-order chi connectivity index (χ0) is 30.0. The Hall–Kier alpha value is -2.35. The van der Waals surface area contributed by atoms with Crippen LogP contribution in [0, 0.1) is 6.92 Å². The van der Waals surface area contributed by atoms with Crippen molar-refractivity contribution < 1.29 is 66.0 Å². The number of aryl methyl sites for hydroxylation is 1. The number of benzene rings is 1. The molecule has 2 unspecified atom stereocenters. The summed E-state index contributed by atoms with van der Waals surface area (Å²) in [5.41, 5.74) is -1.11. The van der Waals surface area contributed by atoms with Gasteiger partial charge in [0.1, 0.15) is 31.1 Å². The van der Waals surface area contributed by atoms with Gasteiger partial charge in [0.15, 0.2) is 23.6 Å². The summed E-state index contributed by atoms with van der Waals surface area (Å²) in [5, 5.41) is 43.8. The van der Waals surface area contributed by atoms with Gasteiger partial charge in [0.2, 0.25) is 12.5 Å². The molecule has 3 saturated heterocycles. The maximum Gasteiger partial charge on any atom is 0.432 e. The standard InChI is InChI=1S/C25H32N2O13S/c1-13-4-6-14(7-5-13)41(34,35)36-12-25(11-29)20-19(38-24(2,3)39-20)22(40-25)27(9-8-16(30)26-23(27)33)21-18(32)17(31)15(10-28)37-21/h4-9,15,17-22,28-29,31-32H,10-12H2,1-3H3/p+1/t15-,17-,18-,19-,20+,21-,22?,25+,27?/m1/s1. The van der Waals surface area contributed by atoms with Crippen molar-refractivity contribution in [2.24, 2.45) is 0 Å². The molecule has 0 aromatic heterocycles. The molecule has 3 fully saturated rings. The fourth-order valence-electron chi connectivity index (χ4n) is 5.63. The third-order valence-corrected chi connectivity index (χ3v) is 9.01. The number of carbonyl (C=O) groups is 2. The molecule has 0 bridgehead atoms. The predicted molar refractivity (Wildman–Crippen MR) is 134 cm³/mol. The van der Waals surface area contributed by atoms with E-state index in [4.69, 9.17) is 23.1 Å². The van der Waals surface area contributed by atoms with Crippen LogP contribution >= 0.6 is 0 Å². The maximum atomic E-state index is 13.6. The molecule has 226 valence electrons. The minimum Gasteiger partial charge on any atom is -0.394 e. The molecule has 0 radical (unpaired) electrons. The minimum absolute atomic E-state index is 0.141. The Morgan fingerprint density at radius 1 is 1.02 bits per heavy atom. The Bertz CT molecular complexity index is 1340. The van der Waals surface area contributed by atoms with E-state index in [2.05, 4.69) is 5.32 Å². The Labute approximate surface area is 235 Å². The Morgan fingerprint density at radius 3 is 2.29 bits per heavy atom. The van der Waals surface area contributed by atoms with Crippen molar-refractivity contribution in [3.63, 3.8) is 0 Å². The van der Waals surface area contributed by atoms with E-state index in [9.17, 15) is 38.4 Å². The lowest BCUT2D eigenvalue weighted by atomic mass is 9.96. The number of aliphatic hydroxyl groups excluding tert-OH is 4. The van der Waals surface area contributed by atoms with E-state index >= 15 is 0 Å². The van der Waals surface area contributed by atoms with E-state index in [1.807, 2.05) is 0 Å². The number of amides is 3. The molecule has 4 heterocycles. The molecule has 9 atom stereocenters. The van der Waals surface area contributed by atoms with Crippen LogP contribution in [0.2, 0.25) is 0 Å². The van der Waals surface area contributed by atoms with Gasteiger partial charge in [-0.2, -0.15) is 12.9 Å². The number of quaternary nitrogens is 1. The van der Waals surface area contributed by atoms with Gasteiger partial charge in [-0.15, -0.1) is 0 Å². The number of fused-ring (bicyclic) bond motifs is 1. The van der Waals surface area contributed by atoms with E-state index in [1.165, 1.54) is 12.1 Å². The first-order valence-corrected chi connectivity index (χ1v) is 14.3. The van der Waals surface area contributed by atoms with Crippen molar-refractivity contribution in [3.05, 3.63) is 42.1 Å². The van der Waals surface area contributed by atoms with Gasteiger partial charge in [-0.3, -0.25) is 8.98 Å². The van der Waals surface area contributed by atoms with Crippen LogP contribution in [-0.4, -0.2) is 119 Å². The molecule has 5 N–H and O–H groups in total. The molecule has 0 saturated carbocycles. The molecule has 16 heteroatoms. The van der Waals surface area contributed by atoms with E-state index < -0.39 is 101 Å². The first kappa shape index (κ1) is 30.1. The molecule has 41 heavy (non-hydrogen) atoms. The molecule has 1 aromatic carbocycles. The first-order chi connectivity index (χ1) is 19.2. The molecular formula is C25H33N2O13S+. The summed E-state index contributed by atoms with van der Waals surface area (Å²) in [4.78, 5) is 25.6. The lowest BCUT2D eigenvalue weighted by Gasteiger charge is -2.44. The largest absolute Gasteiger partial charge is 0.432 e. The smallest absolute Gasteiger partial charge is 0.394 e. The average Bonchev–Trinajstić information content (AvgIpc) is 3.51. The van der Waals surface area contributed by atoms with Crippen molar-refractivity contribution in [1.29, 1.82) is 0 Å². The SMILES string of the molecule is Cc1ccc(S(=O)(=O)OC[C@]2(CO)OC([N+]3([C@@H]4O[C@H](CO)[C@@H](O)[C@H]4O)C=CC(=O)NC3=O)[C@@H]3OC(C)(C)O[C@@H]32)cc1. The van der Waals surface area contributed by atoms with Gasteiger partial charge in [0.25, 0.3) is 16.0 Å². The zero-order valence-corrected chi connectivity index (χ0v) is 23.3. The van der Waals surface area contributed by atoms with Crippen LogP contribution in [0.4, 0.5) is 4.79 Å². The van der Waals surface area contributed by atoms with Gasteiger partial charge in [-0.05, 0) is 32.9 Å². The summed E-state index contributed by atoms with van der Waals surface area (Å²) < 4.78 is 54.3. The number of ether oxygens (including phenoxy) is 4. The lowest BCUT2D eigenvalue weighted by molar-refractivity contribution is -0.905. The summed E-state index contributed by atoms with van der Waals surface area (Å²) in [5.74, 6) is -2.10. The summed E-state index contributed by atoms with van der Waals surface area (Å²) >= 11 is 0.